The Bertz CT molecular complexity index is 418. The van der Waals surface area contributed by atoms with Crippen LogP contribution < -0.4 is 4.74 Å². The fraction of sp³-hybridized carbons (Fsp3) is 0.100. The second-order valence-electron chi connectivity index (χ2n) is 2.80. The molecule has 0 aromatic carbocycles. The maximum Gasteiger partial charge on any atom is 0.321 e. The van der Waals surface area contributed by atoms with E-state index in [1.165, 1.54) is 0 Å². The van der Waals surface area contributed by atoms with Gasteiger partial charge in [-0.15, -0.1) is 0 Å². The molecule has 2 heterocycles. The van der Waals surface area contributed by atoms with Crippen molar-refractivity contribution < 1.29 is 4.74 Å². The summed E-state index contributed by atoms with van der Waals surface area (Å²) in [6.45, 7) is 0. The molecule has 0 saturated heterocycles. The summed E-state index contributed by atoms with van der Waals surface area (Å²) in [7, 11) is 0. The maximum atomic E-state index is 5.38. The van der Waals surface area contributed by atoms with Gasteiger partial charge < -0.3 is 4.74 Å². The summed E-state index contributed by atoms with van der Waals surface area (Å²) in [5.74, 6) is 0.629. The number of ether oxygens (including phenoxy) is 1. The van der Waals surface area contributed by atoms with Gasteiger partial charge in [-0.2, -0.15) is 0 Å². The first-order valence-electron chi connectivity index (χ1n) is 4.33. The smallest absolute Gasteiger partial charge is 0.321 e. The minimum absolute atomic E-state index is 0.327. The number of aromatic nitrogens is 3. The molecule has 0 bridgehead atoms. The third-order valence-electron chi connectivity index (χ3n) is 1.68. The molecular weight excluding hydrogens is 258 g/mol. The molecule has 4 nitrogen and oxygen atoms in total. The first-order valence-corrected chi connectivity index (χ1v) is 5.45. The highest BCUT2D eigenvalue weighted by Crippen LogP contribution is 2.15. The van der Waals surface area contributed by atoms with Gasteiger partial charge in [-0.05, 0) is 17.7 Å². The molecule has 0 aliphatic rings. The van der Waals surface area contributed by atoms with Crippen LogP contribution in [0.25, 0.3) is 0 Å². The minimum atomic E-state index is 0.327. The molecule has 0 aliphatic carbocycles. The molecule has 2 aromatic heterocycles. The highest BCUT2D eigenvalue weighted by atomic mass is 79.9. The monoisotopic (exact) mass is 265 g/mol. The lowest BCUT2D eigenvalue weighted by atomic mass is 10.4. The number of hydrogen-bond donors (Lipinski definition) is 0. The fourth-order valence-electron chi connectivity index (χ4n) is 0.978. The number of alkyl halides is 1. The van der Waals surface area contributed by atoms with Crippen LogP contribution in [0.2, 0.25) is 0 Å². The summed E-state index contributed by atoms with van der Waals surface area (Å²) in [5, 5.41) is 0.736. The standard InChI is InChI=1S/C10H8BrN3O/c11-4-8-5-13-10(14-6-8)15-9-2-1-3-12-7-9/h1-3,5-7H,4H2. The van der Waals surface area contributed by atoms with Gasteiger partial charge in [-0.25, -0.2) is 9.97 Å². The Kier molecular flexibility index (Phi) is 3.24. The quantitative estimate of drug-likeness (QED) is 0.801. The van der Waals surface area contributed by atoms with Gasteiger partial charge in [-0.3, -0.25) is 4.98 Å². The fourth-order valence-corrected chi connectivity index (χ4v) is 1.27. The van der Waals surface area contributed by atoms with E-state index in [0.717, 1.165) is 10.9 Å². The van der Waals surface area contributed by atoms with Crippen molar-refractivity contribution >= 4 is 15.9 Å². The highest BCUT2D eigenvalue weighted by Gasteiger charge is 1.99. The Morgan fingerprint density at radius 1 is 1.20 bits per heavy atom. The molecule has 0 radical (unpaired) electrons. The summed E-state index contributed by atoms with van der Waals surface area (Å²) < 4.78 is 5.38. The van der Waals surface area contributed by atoms with E-state index in [0.29, 0.717) is 11.8 Å². The topological polar surface area (TPSA) is 47.9 Å². The molecule has 0 amide bonds. The first-order chi connectivity index (χ1) is 7.38. The second-order valence-corrected chi connectivity index (χ2v) is 3.36. The van der Waals surface area contributed by atoms with E-state index >= 15 is 0 Å². The largest absolute Gasteiger partial charge is 0.423 e. The molecule has 0 saturated carbocycles. The average Bonchev–Trinajstić information content (AvgIpc) is 2.31. The van der Waals surface area contributed by atoms with Gasteiger partial charge in [-0.1, -0.05) is 15.9 Å². The Morgan fingerprint density at radius 2 is 2.00 bits per heavy atom. The maximum absolute atomic E-state index is 5.38. The van der Waals surface area contributed by atoms with Crippen LogP contribution in [-0.4, -0.2) is 15.0 Å². The minimum Gasteiger partial charge on any atom is -0.423 e. The molecule has 0 fully saturated rings. The summed E-state index contributed by atoms with van der Waals surface area (Å²) in [4.78, 5) is 12.0. The number of pyridine rings is 1. The number of halogens is 1. The lowest BCUT2D eigenvalue weighted by Crippen LogP contribution is -1.92. The van der Waals surface area contributed by atoms with Crippen LogP contribution >= 0.6 is 15.9 Å². The van der Waals surface area contributed by atoms with Gasteiger partial charge in [0, 0.05) is 23.9 Å². The zero-order chi connectivity index (χ0) is 10.5. The van der Waals surface area contributed by atoms with Gasteiger partial charge in [0.2, 0.25) is 0 Å². The molecular formula is C10H8BrN3O. The van der Waals surface area contributed by atoms with E-state index in [-0.39, 0.29) is 0 Å². The van der Waals surface area contributed by atoms with E-state index in [9.17, 15) is 0 Å². The predicted octanol–water partition coefficient (Wildman–Crippen LogP) is 2.56. The third-order valence-corrected chi connectivity index (χ3v) is 2.33. The van der Waals surface area contributed by atoms with Crippen molar-refractivity contribution in [2.45, 2.75) is 5.33 Å². The van der Waals surface area contributed by atoms with Gasteiger partial charge in [0.15, 0.2) is 0 Å². The number of hydrogen-bond acceptors (Lipinski definition) is 4. The first kappa shape index (κ1) is 10.0. The van der Waals surface area contributed by atoms with Crippen molar-refractivity contribution in [2.75, 3.05) is 0 Å². The van der Waals surface area contributed by atoms with Crippen LogP contribution in [0.5, 0.6) is 11.8 Å². The SMILES string of the molecule is BrCc1cnc(Oc2cccnc2)nc1. The molecule has 0 aliphatic heterocycles. The van der Waals surface area contributed by atoms with Crippen molar-refractivity contribution in [3.63, 3.8) is 0 Å². The summed E-state index contributed by atoms with van der Waals surface area (Å²) >= 11 is 3.32. The zero-order valence-corrected chi connectivity index (χ0v) is 9.39. The molecule has 0 spiro atoms. The van der Waals surface area contributed by atoms with E-state index < -0.39 is 0 Å². The van der Waals surface area contributed by atoms with E-state index in [1.54, 1.807) is 36.9 Å². The van der Waals surface area contributed by atoms with E-state index in [1.807, 2.05) is 0 Å². The highest BCUT2D eigenvalue weighted by molar-refractivity contribution is 9.08. The Balaban J connectivity index is 2.11. The normalized spacial score (nSPS) is 9.93. The average molecular weight is 266 g/mol. The molecule has 0 atom stereocenters. The summed E-state index contributed by atoms with van der Waals surface area (Å²) in [5.41, 5.74) is 1.01. The van der Waals surface area contributed by atoms with Crippen molar-refractivity contribution in [1.82, 2.24) is 15.0 Å². The Hall–Kier alpha value is -1.49. The molecule has 76 valence electrons. The molecule has 5 heteroatoms. The summed E-state index contributed by atoms with van der Waals surface area (Å²) in [6, 6.07) is 3.92. The van der Waals surface area contributed by atoms with Crippen LogP contribution in [0, 0.1) is 0 Å². The second kappa shape index (κ2) is 4.84. The van der Waals surface area contributed by atoms with Crippen LogP contribution in [0.3, 0.4) is 0 Å². The Morgan fingerprint density at radius 3 is 2.60 bits per heavy atom. The third kappa shape index (κ3) is 2.73. The van der Waals surface area contributed by atoms with Gasteiger partial charge in [0.05, 0.1) is 6.20 Å². The number of nitrogens with zero attached hydrogens (tertiary/aromatic N) is 3. The van der Waals surface area contributed by atoms with Crippen molar-refractivity contribution in [3.05, 3.63) is 42.5 Å². The van der Waals surface area contributed by atoms with E-state index in [2.05, 4.69) is 30.9 Å². The van der Waals surface area contributed by atoms with Gasteiger partial charge in [0.1, 0.15) is 5.75 Å². The molecule has 0 unspecified atom stereocenters. The molecule has 2 rings (SSSR count). The van der Waals surface area contributed by atoms with E-state index in [4.69, 9.17) is 4.74 Å². The van der Waals surface area contributed by atoms with Crippen LogP contribution in [0.1, 0.15) is 5.56 Å². The van der Waals surface area contributed by atoms with Crippen molar-refractivity contribution in [2.24, 2.45) is 0 Å². The number of rotatable bonds is 3. The molecule has 15 heavy (non-hydrogen) atoms. The van der Waals surface area contributed by atoms with Crippen molar-refractivity contribution in [3.8, 4) is 11.8 Å². The molecule has 0 N–H and O–H groups in total. The lowest BCUT2D eigenvalue weighted by Gasteiger charge is -2.02. The Labute approximate surface area is 95.5 Å². The van der Waals surface area contributed by atoms with Crippen LogP contribution in [0.15, 0.2) is 36.9 Å². The van der Waals surface area contributed by atoms with Gasteiger partial charge >= 0.3 is 6.01 Å². The summed E-state index contributed by atoms with van der Waals surface area (Å²) in [6.07, 6.45) is 6.73. The van der Waals surface area contributed by atoms with Crippen LogP contribution in [-0.2, 0) is 5.33 Å². The molecule has 2 aromatic rings. The van der Waals surface area contributed by atoms with Crippen molar-refractivity contribution in [1.29, 1.82) is 0 Å². The van der Waals surface area contributed by atoms with Crippen LogP contribution in [0.4, 0.5) is 0 Å². The predicted molar refractivity (Wildman–Crippen MR) is 59.0 cm³/mol. The lowest BCUT2D eigenvalue weighted by molar-refractivity contribution is 0.439. The zero-order valence-electron chi connectivity index (χ0n) is 7.80. The van der Waals surface area contributed by atoms with Gasteiger partial charge in [0.25, 0.3) is 0 Å².